The van der Waals surface area contributed by atoms with Crippen LogP contribution in [0.3, 0.4) is 0 Å². The van der Waals surface area contributed by atoms with E-state index in [2.05, 4.69) is 281 Å². The van der Waals surface area contributed by atoms with Crippen molar-refractivity contribution in [3.63, 3.8) is 0 Å². The fourth-order valence-corrected chi connectivity index (χ4v) is 13.9. The molecule has 0 saturated carbocycles. The van der Waals surface area contributed by atoms with E-state index in [9.17, 15) is 10.5 Å². The Kier molecular flexibility index (Phi) is 10.3. The van der Waals surface area contributed by atoms with Crippen molar-refractivity contribution in [3.8, 4) is 12.1 Å². The summed E-state index contributed by atoms with van der Waals surface area (Å²) in [6, 6.07) is 74.6. The van der Waals surface area contributed by atoms with E-state index >= 15 is 0 Å². The smallest absolute Gasteiger partial charge is 0.103 e. The predicted octanol–water partition coefficient (Wildman–Crippen LogP) is 17.7. The van der Waals surface area contributed by atoms with Gasteiger partial charge in [-0.15, -0.1) is 0 Å². The van der Waals surface area contributed by atoms with E-state index in [-0.39, 0.29) is 0 Å². The monoisotopic (exact) mass is 944 g/mol. The minimum absolute atomic E-state index is 0.328. The molecule has 0 bridgehead atoms. The summed E-state index contributed by atoms with van der Waals surface area (Å²) in [5.74, 6) is 0. The number of para-hydroxylation sites is 10. The van der Waals surface area contributed by atoms with Crippen molar-refractivity contribution in [1.82, 2.24) is 0 Å². The van der Waals surface area contributed by atoms with Gasteiger partial charge in [-0.3, -0.25) is 0 Å². The van der Waals surface area contributed by atoms with Crippen LogP contribution in [-0.2, 0) is 16.2 Å². The number of fused-ring (bicyclic) bond motifs is 5. The van der Waals surface area contributed by atoms with Crippen molar-refractivity contribution in [2.75, 3.05) is 19.6 Å². The summed E-state index contributed by atoms with van der Waals surface area (Å²) in [7, 11) is 0. The molecule has 0 amide bonds. The fraction of sp³-hybridized carbons (Fsp3) is 0.164. The molecule has 0 radical (unpaired) electrons. The molecule has 354 valence electrons. The van der Waals surface area contributed by atoms with Crippen LogP contribution in [0.5, 0.6) is 0 Å². The zero-order chi connectivity index (χ0) is 50.6. The van der Waals surface area contributed by atoms with Crippen molar-refractivity contribution in [1.29, 1.82) is 10.5 Å². The second-order valence-corrected chi connectivity index (χ2v) is 20.9. The van der Waals surface area contributed by atoms with Gasteiger partial charge in [0.1, 0.15) is 12.1 Å². The van der Waals surface area contributed by atoms with Gasteiger partial charge in [0, 0.05) is 16.2 Å². The maximum Gasteiger partial charge on any atom is 0.103 e. The van der Waals surface area contributed by atoms with Gasteiger partial charge >= 0.3 is 0 Å². The molecule has 0 N–H and O–H groups in total. The van der Waals surface area contributed by atoms with E-state index in [0.717, 1.165) is 113 Å². The van der Waals surface area contributed by atoms with Gasteiger partial charge in [0.2, 0.25) is 0 Å². The average molecular weight is 945 g/mol. The summed E-state index contributed by atoms with van der Waals surface area (Å²) < 4.78 is 0. The SMILES string of the molecule is Cc1cccc(C)c1N1c2ccccc2N(c2c(C#N)c(C#N)c(N3c4ccccc4N(c4c(C)cccc4C)c4ccccc43)c3c2C(C)(C)C(c2ccccc2)(c2ccccc2)C3(C)C)c2ccccc21. The van der Waals surface area contributed by atoms with Crippen molar-refractivity contribution >= 4 is 68.2 Å². The molecule has 12 rings (SSSR count). The highest BCUT2D eigenvalue weighted by molar-refractivity contribution is 6.08. The van der Waals surface area contributed by atoms with Crippen molar-refractivity contribution < 1.29 is 0 Å². The number of nitriles is 2. The Morgan fingerprint density at radius 3 is 0.781 bits per heavy atom. The number of benzene rings is 9. The Hall–Kier alpha value is -8.84. The maximum atomic E-state index is 12.3. The Morgan fingerprint density at radius 1 is 0.301 bits per heavy atom. The molecule has 0 atom stereocenters. The molecule has 9 aromatic carbocycles. The summed E-state index contributed by atoms with van der Waals surface area (Å²) in [4.78, 5) is 9.41. The van der Waals surface area contributed by atoms with Crippen LogP contribution in [0.1, 0.15) is 83.3 Å². The van der Waals surface area contributed by atoms with Gasteiger partial charge in [0.05, 0.1) is 79.4 Å². The average Bonchev–Trinajstić information content (AvgIpc) is 3.61. The molecular formula is C67H56N6. The predicted molar refractivity (Wildman–Crippen MR) is 300 cm³/mol. The zero-order valence-electron chi connectivity index (χ0n) is 42.7. The van der Waals surface area contributed by atoms with E-state index < -0.39 is 16.2 Å². The first-order valence-corrected chi connectivity index (χ1v) is 25.2. The number of rotatable bonds is 6. The van der Waals surface area contributed by atoms with Crippen molar-refractivity contribution in [3.05, 3.63) is 250 Å². The summed E-state index contributed by atoms with van der Waals surface area (Å²) >= 11 is 0. The number of nitrogens with zero attached hydrogens (tertiary/aromatic N) is 6. The second-order valence-electron chi connectivity index (χ2n) is 20.9. The van der Waals surface area contributed by atoms with E-state index in [1.54, 1.807) is 0 Å². The van der Waals surface area contributed by atoms with Gasteiger partial charge in [0.15, 0.2) is 0 Å². The van der Waals surface area contributed by atoms with Crippen LogP contribution < -0.4 is 19.6 Å². The number of hydrogen-bond acceptors (Lipinski definition) is 6. The van der Waals surface area contributed by atoms with Crippen LogP contribution in [0, 0.1) is 50.4 Å². The normalized spacial score (nSPS) is 15.3. The summed E-state index contributed by atoms with van der Waals surface area (Å²) in [5, 5.41) is 24.5. The minimum atomic E-state index is -0.759. The molecule has 0 aromatic heterocycles. The summed E-state index contributed by atoms with van der Waals surface area (Å²) in [6.07, 6.45) is 0. The molecule has 9 aromatic rings. The Balaban J connectivity index is 1.27. The summed E-state index contributed by atoms with van der Waals surface area (Å²) in [6.45, 7) is 18.2. The lowest BCUT2D eigenvalue weighted by atomic mass is 9.50. The van der Waals surface area contributed by atoms with Crippen LogP contribution >= 0.6 is 0 Å². The molecule has 6 heteroatoms. The van der Waals surface area contributed by atoms with Gasteiger partial charge in [-0.2, -0.15) is 10.5 Å². The molecule has 3 aliphatic rings. The lowest BCUT2D eigenvalue weighted by Crippen LogP contribution is -2.52. The first-order valence-electron chi connectivity index (χ1n) is 25.2. The third-order valence-corrected chi connectivity index (χ3v) is 16.4. The van der Waals surface area contributed by atoms with Crippen LogP contribution in [-0.4, -0.2) is 0 Å². The Labute approximate surface area is 429 Å². The second kappa shape index (κ2) is 16.6. The van der Waals surface area contributed by atoms with Crippen LogP contribution in [0.4, 0.5) is 68.2 Å². The molecular weight excluding hydrogens is 889 g/mol. The number of hydrogen-bond donors (Lipinski definition) is 0. The molecule has 0 saturated heterocycles. The molecule has 6 nitrogen and oxygen atoms in total. The molecule has 2 aliphatic heterocycles. The molecule has 0 spiro atoms. The van der Waals surface area contributed by atoms with Crippen LogP contribution in [0.25, 0.3) is 0 Å². The molecule has 0 unspecified atom stereocenters. The first-order chi connectivity index (χ1) is 35.4. The van der Waals surface area contributed by atoms with E-state index in [1.807, 2.05) is 0 Å². The van der Waals surface area contributed by atoms with Gasteiger partial charge in [0.25, 0.3) is 0 Å². The molecule has 1 aliphatic carbocycles. The molecule has 73 heavy (non-hydrogen) atoms. The molecule has 2 heterocycles. The quantitative estimate of drug-likeness (QED) is 0.166. The topological polar surface area (TPSA) is 60.5 Å². The maximum absolute atomic E-state index is 12.3. The van der Waals surface area contributed by atoms with E-state index in [4.69, 9.17) is 0 Å². The van der Waals surface area contributed by atoms with Gasteiger partial charge in [-0.1, -0.05) is 173 Å². The standard InChI is InChI=1S/C67H56N6/c1-43-25-23-26-44(2)61(43)70-51-33-15-19-37-55(51)72(56-38-20-16-34-52(56)70)63-49(41-68)50(42-69)64(60-59(63)65(5,6)67(66(60,7)8,47-29-11-9-12-30-47)48-31-13-10-14-32-48)73-57-39-21-17-35-53(57)71(54-36-18-22-40-58(54)73)62-45(3)27-24-28-46(62)4/h9-40H,1-8H3. The number of anilines is 12. The van der Waals surface area contributed by atoms with Crippen LogP contribution in [0.15, 0.2) is 194 Å². The lowest BCUT2D eigenvalue weighted by molar-refractivity contribution is 0.226. The van der Waals surface area contributed by atoms with Crippen LogP contribution in [0.2, 0.25) is 0 Å². The van der Waals surface area contributed by atoms with Gasteiger partial charge < -0.3 is 19.6 Å². The third-order valence-electron chi connectivity index (χ3n) is 16.4. The minimum Gasteiger partial charge on any atom is -0.306 e. The third kappa shape index (κ3) is 6.08. The highest BCUT2D eigenvalue weighted by Crippen LogP contribution is 2.72. The van der Waals surface area contributed by atoms with E-state index in [1.165, 1.54) is 0 Å². The number of aryl methyl sites for hydroxylation is 4. The van der Waals surface area contributed by atoms with Crippen molar-refractivity contribution in [2.24, 2.45) is 0 Å². The zero-order valence-corrected chi connectivity index (χ0v) is 42.7. The Bertz CT molecular complexity index is 3410. The fourth-order valence-electron chi connectivity index (χ4n) is 13.9. The first kappa shape index (κ1) is 45.3. The van der Waals surface area contributed by atoms with E-state index in [0.29, 0.717) is 11.1 Å². The molecule has 0 fully saturated rings. The Morgan fingerprint density at radius 2 is 0.534 bits per heavy atom. The van der Waals surface area contributed by atoms with Crippen molar-refractivity contribution in [2.45, 2.75) is 71.6 Å². The van der Waals surface area contributed by atoms with Gasteiger partial charge in [-0.25, -0.2) is 0 Å². The highest BCUT2D eigenvalue weighted by Gasteiger charge is 2.67. The largest absolute Gasteiger partial charge is 0.306 e. The lowest BCUT2D eigenvalue weighted by Gasteiger charge is -2.51. The highest BCUT2D eigenvalue weighted by atomic mass is 15.3. The summed E-state index contributed by atoms with van der Waals surface area (Å²) in [5.41, 5.74) is 18.7. The van der Waals surface area contributed by atoms with Gasteiger partial charge in [-0.05, 0) is 121 Å².